The maximum atomic E-state index is 13.6. The summed E-state index contributed by atoms with van der Waals surface area (Å²) in [7, 11) is 0. The fraction of sp³-hybridized carbons (Fsp3) is 0.333. The number of alkyl halides is 4. The van der Waals surface area contributed by atoms with E-state index in [-0.39, 0.29) is 42.1 Å². The molecule has 3 heterocycles. The Balaban J connectivity index is 1.73. The van der Waals surface area contributed by atoms with Crippen molar-refractivity contribution in [3.63, 3.8) is 0 Å². The number of carbonyl (C=O) groups is 1. The zero-order chi connectivity index (χ0) is 21.8. The average Bonchev–Trinajstić information content (AvgIpc) is 3.06. The van der Waals surface area contributed by atoms with Gasteiger partial charge in [-0.25, -0.2) is 4.39 Å². The quantitative estimate of drug-likeness (QED) is 0.560. The van der Waals surface area contributed by atoms with Crippen LogP contribution in [0.1, 0.15) is 18.1 Å². The van der Waals surface area contributed by atoms with Crippen molar-refractivity contribution >= 4 is 27.3 Å². The number of nitrogens with zero attached hydrogens (tertiary/aromatic N) is 2. The molecule has 1 saturated heterocycles. The highest BCUT2D eigenvalue weighted by molar-refractivity contribution is 7.17. The van der Waals surface area contributed by atoms with Gasteiger partial charge in [0.25, 0.3) is 5.56 Å². The maximum absolute atomic E-state index is 13.6. The Morgan fingerprint density at radius 2 is 1.93 bits per heavy atom. The van der Waals surface area contributed by atoms with Crippen LogP contribution >= 0.6 is 11.3 Å². The van der Waals surface area contributed by atoms with Crippen LogP contribution in [0.2, 0.25) is 0 Å². The normalized spacial score (nSPS) is 16.0. The van der Waals surface area contributed by atoms with Crippen LogP contribution in [0.25, 0.3) is 21.2 Å². The number of pyridine rings is 1. The molecule has 4 nitrogen and oxygen atoms in total. The van der Waals surface area contributed by atoms with Crippen molar-refractivity contribution in [1.82, 2.24) is 9.47 Å². The molecule has 0 radical (unpaired) electrons. The second-order valence-electron chi connectivity index (χ2n) is 7.83. The fourth-order valence-electron chi connectivity index (χ4n) is 3.69. The van der Waals surface area contributed by atoms with Gasteiger partial charge in [-0.1, -0.05) is 12.1 Å². The largest absolute Gasteiger partial charge is 0.416 e. The molecule has 1 fully saturated rings. The standard InChI is InChI=1S/C21H18F4N2O2S/c1-12-3-4-13(7-15(12)21(23,24)25)14-9-30-16-5-6-26(19(29)18(14)16)8-17(28)27-10-20(2,22)11-27/h3-7,9H,8,10-11H2,1-2H3. The van der Waals surface area contributed by atoms with Gasteiger partial charge in [0.1, 0.15) is 12.2 Å². The van der Waals surface area contributed by atoms with Gasteiger partial charge in [-0.2, -0.15) is 13.2 Å². The first-order chi connectivity index (χ1) is 14.0. The van der Waals surface area contributed by atoms with Crippen LogP contribution < -0.4 is 5.56 Å². The maximum Gasteiger partial charge on any atom is 0.416 e. The van der Waals surface area contributed by atoms with E-state index >= 15 is 0 Å². The number of rotatable bonds is 3. The minimum atomic E-state index is -4.50. The van der Waals surface area contributed by atoms with E-state index in [0.29, 0.717) is 10.3 Å². The second-order valence-corrected chi connectivity index (χ2v) is 8.74. The van der Waals surface area contributed by atoms with Gasteiger partial charge in [0.05, 0.1) is 24.0 Å². The van der Waals surface area contributed by atoms with Gasteiger partial charge in [-0.3, -0.25) is 9.59 Å². The summed E-state index contributed by atoms with van der Waals surface area (Å²) in [6, 6.07) is 5.63. The van der Waals surface area contributed by atoms with Gasteiger partial charge < -0.3 is 9.47 Å². The van der Waals surface area contributed by atoms with E-state index in [1.807, 2.05) is 0 Å². The molecule has 30 heavy (non-hydrogen) atoms. The minimum absolute atomic E-state index is 0.0177. The van der Waals surface area contributed by atoms with Crippen LogP contribution in [0.5, 0.6) is 0 Å². The number of fused-ring (bicyclic) bond motifs is 1. The lowest BCUT2D eigenvalue weighted by molar-refractivity contribution is -0.144. The van der Waals surface area contributed by atoms with Crippen LogP contribution in [0.15, 0.2) is 40.6 Å². The lowest BCUT2D eigenvalue weighted by atomic mass is 9.99. The Morgan fingerprint density at radius 1 is 1.23 bits per heavy atom. The van der Waals surface area contributed by atoms with E-state index in [9.17, 15) is 27.2 Å². The number of benzene rings is 1. The van der Waals surface area contributed by atoms with Gasteiger partial charge >= 0.3 is 6.18 Å². The number of aromatic nitrogens is 1. The predicted molar refractivity (Wildman–Crippen MR) is 107 cm³/mol. The van der Waals surface area contributed by atoms with Crippen LogP contribution in [-0.4, -0.2) is 34.1 Å². The molecule has 3 aromatic rings. The predicted octanol–water partition coefficient (Wildman–Crippen LogP) is 4.63. The molecule has 1 amide bonds. The molecule has 0 spiro atoms. The van der Waals surface area contributed by atoms with Crippen molar-refractivity contribution in [3.8, 4) is 11.1 Å². The van der Waals surface area contributed by atoms with Crippen LogP contribution in [-0.2, 0) is 17.5 Å². The van der Waals surface area contributed by atoms with Gasteiger partial charge in [0.15, 0.2) is 0 Å². The van der Waals surface area contributed by atoms with Gasteiger partial charge in [0.2, 0.25) is 5.91 Å². The summed E-state index contributed by atoms with van der Waals surface area (Å²) in [6.07, 6.45) is -3.02. The third-order valence-electron chi connectivity index (χ3n) is 5.25. The molecule has 2 aromatic heterocycles. The molecule has 0 aliphatic carbocycles. The monoisotopic (exact) mass is 438 g/mol. The molecule has 0 atom stereocenters. The van der Waals surface area contributed by atoms with Crippen LogP contribution in [0.3, 0.4) is 0 Å². The number of hydrogen-bond donors (Lipinski definition) is 0. The number of amides is 1. The summed E-state index contributed by atoms with van der Waals surface area (Å²) < 4.78 is 55.4. The van der Waals surface area contributed by atoms with E-state index < -0.39 is 23.0 Å². The number of thiophene rings is 1. The Bertz CT molecular complexity index is 1200. The highest BCUT2D eigenvalue weighted by Gasteiger charge is 2.41. The molecule has 1 aliphatic rings. The molecule has 1 aliphatic heterocycles. The lowest BCUT2D eigenvalue weighted by Gasteiger charge is -2.42. The van der Waals surface area contributed by atoms with Crippen LogP contribution in [0.4, 0.5) is 17.6 Å². The summed E-state index contributed by atoms with van der Waals surface area (Å²) in [5.41, 5.74) is -1.84. The van der Waals surface area contributed by atoms with E-state index in [1.54, 1.807) is 17.5 Å². The molecule has 0 bridgehead atoms. The van der Waals surface area contributed by atoms with E-state index in [0.717, 1.165) is 6.07 Å². The molecule has 4 rings (SSSR count). The third kappa shape index (κ3) is 3.62. The third-order valence-corrected chi connectivity index (χ3v) is 6.20. The zero-order valence-corrected chi connectivity index (χ0v) is 17.0. The fourth-order valence-corrected chi connectivity index (χ4v) is 4.64. The lowest BCUT2D eigenvalue weighted by Crippen LogP contribution is -2.60. The van der Waals surface area contributed by atoms with Crippen molar-refractivity contribution < 1.29 is 22.4 Å². The number of likely N-dealkylation sites (tertiary alicyclic amines) is 1. The zero-order valence-electron chi connectivity index (χ0n) is 16.2. The second kappa shape index (κ2) is 6.94. The molecule has 9 heteroatoms. The summed E-state index contributed by atoms with van der Waals surface area (Å²) in [6.45, 7) is 2.51. The highest BCUT2D eigenvalue weighted by Crippen LogP contribution is 2.37. The first kappa shape index (κ1) is 20.6. The van der Waals surface area contributed by atoms with Gasteiger partial charge in [-0.15, -0.1) is 11.3 Å². The van der Waals surface area contributed by atoms with Crippen molar-refractivity contribution in [2.24, 2.45) is 0 Å². The van der Waals surface area contributed by atoms with E-state index in [1.165, 1.54) is 46.9 Å². The molecular formula is C21H18F4N2O2S. The Hall–Kier alpha value is -2.68. The summed E-state index contributed by atoms with van der Waals surface area (Å²) in [5.74, 6) is -0.377. The Kier molecular flexibility index (Phi) is 4.76. The molecular weight excluding hydrogens is 420 g/mol. The van der Waals surface area contributed by atoms with Gasteiger partial charge in [-0.05, 0) is 37.1 Å². The highest BCUT2D eigenvalue weighted by atomic mass is 32.1. The Morgan fingerprint density at radius 3 is 2.57 bits per heavy atom. The molecule has 0 unspecified atom stereocenters. The molecule has 0 saturated carbocycles. The summed E-state index contributed by atoms with van der Waals surface area (Å²) in [4.78, 5) is 26.7. The number of hydrogen-bond acceptors (Lipinski definition) is 3. The topological polar surface area (TPSA) is 42.3 Å². The van der Waals surface area contributed by atoms with Crippen molar-refractivity contribution in [2.45, 2.75) is 32.2 Å². The summed E-state index contributed by atoms with van der Waals surface area (Å²) >= 11 is 1.25. The molecule has 0 N–H and O–H groups in total. The smallest absolute Gasteiger partial charge is 0.335 e. The number of halogens is 4. The SMILES string of the molecule is Cc1ccc(-c2csc3ccn(CC(=O)N4CC(C)(F)C4)c(=O)c23)cc1C(F)(F)F. The van der Waals surface area contributed by atoms with E-state index in [4.69, 9.17) is 0 Å². The first-order valence-corrected chi connectivity index (χ1v) is 10.1. The minimum Gasteiger partial charge on any atom is -0.335 e. The Labute approximate surface area is 173 Å². The van der Waals surface area contributed by atoms with Crippen LogP contribution in [0, 0.1) is 6.92 Å². The molecule has 1 aromatic carbocycles. The molecule has 158 valence electrons. The first-order valence-electron chi connectivity index (χ1n) is 9.22. The van der Waals surface area contributed by atoms with Crippen molar-refractivity contribution in [2.75, 3.05) is 13.1 Å². The number of aryl methyl sites for hydroxylation is 1. The van der Waals surface area contributed by atoms with Crippen molar-refractivity contribution in [1.29, 1.82) is 0 Å². The van der Waals surface area contributed by atoms with E-state index in [2.05, 4.69) is 0 Å². The summed E-state index contributed by atoms with van der Waals surface area (Å²) in [5, 5.41) is 1.92. The number of carbonyl (C=O) groups excluding carboxylic acids is 1. The average molecular weight is 438 g/mol. The van der Waals surface area contributed by atoms with Crippen molar-refractivity contribution in [3.05, 3.63) is 57.3 Å². The van der Waals surface area contributed by atoms with Gasteiger partial charge in [0, 0.05) is 21.8 Å².